The highest BCUT2D eigenvalue weighted by molar-refractivity contribution is 8.00. The SMILES string of the molecule is CON=C(C(=O)NC1C(=O)N2C(C(=O)O)=C(OC(C)=O)CS[C@@H]12)c1csc(N)n1. The van der Waals surface area contributed by atoms with E-state index in [1.165, 1.54) is 12.5 Å². The van der Waals surface area contributed by atoms with Crippen molar-refractivity contribution in [1.82, 2.24) is 15.2 Å². The number of carboxylic acids is 1. The Morgan fingerprint density at radius 2 is 2.17 bits per heavy atom. The highest BCUT2D eigenvalue weighted by atomic mass is 32.2. The van der Waals surface area contributed by atoms with Gasteiger partial charge in [0.1, 0.15) is 30.0 Å². The van der Waals surface area contributed by atoms with Crippen LogP contribution >= 0.6 is 23.1 Å². The van der Waals surface area contributed by atoms with Crippen molar-refractivity contribution in [2.75, 3.05) is 18.6 Å². The number of oxime groups is 1. The second kappa shape index (κ2) is 8.08. The highest BCUT2D eigenvalue weighted by Crippen LogP contribution is 2.40. The minimum atomic E-state index is -1.41. The third-order valence-corrected chi connectivity index (χ3v) is 5.78. The molecule has 0 aliphatic carbocycles. The molecular formula is C15H15N5O7S2. The summed E-state index contributed by atoms with van der Waals surface area (Å²) < 4.78 is 4.92. The lowest BCUT2D eigenvalue weighted by Crippen LogP contribution is -2.71. The van der Waals surface area contributed by atoms with Gasteiger partial charge < -0.3 is 25.7 Å². The smallest absolute Gasteiger partial charge is 0.356 e. The zero-order valence-corrected chi connectivity index (χ0v) is 16.7. The number of carbonyl (C=O) groups is 4. The van der Waals surface area contributed by atoms with Crippen molar-refractivity contribution in [3.05, 3.63) is 22.5 Å². The van der Waals surface area contributed by atoms with Crippen LogP contribution in [0.1, 0.15) is 12.6 Å². The molecule has 0 aromatic carbocycles. The topological polar surface area (TPSA) is 174 Å². The molecule has 2 aliphatic heterocycles. The average molecular weight is 441 g/mol. The van der Waals surface area contributed by atoms with Gasteiger partial charge in [-0.1, -0.05) is 5.16 Å². The van der Waals surface area contributed by atoms with Crippen LogP contribution in [0.2, 0.25) is 0 Å². The molecule has 1 saturated heterocycles. The van der Waals surface area contributed by atoms with Gasteiger partial charge in [-0.05, 0) is 0 Å². The molecule has 3 heterocycles. The molecule has 3 rings (SSSR count). The average Bonchev–Trinajstić information content (AvgIpc) is 3.08. The molecule has 1 fully saturated rings. The molecule has 1 aromatic rings. The normalized spacial score (nSPS) is 21.2. The molecule has 2 atom stereocenters. The number of ether oxygens (including phenoxy) is 1. The summed E-state index contributed by atoms with van der Waals surface area (Å²) >= 11 is 2.25. The molecule has 2 aliphatic rings. The minimum absolute atomic E-state index is 0.0453. The van der Waals surface area contributed by atoms with Gasteiger partial charge >= 0.3 is 11.9 Å². The molecule has 0 saturated carbocycles. The first kappa shape index (κ1) is 20.6. The Bertz CT molecular complexity index is 957. The van der Waals surface area contributed by atoms with Gasteiger partial charge in [0.15, 0.2) is 16.5 Å². The van der Waals surface area contributed by atoms with Gasteiger partial charge in [0.25, 0.3) is 11.8 Å². The van der Waals surface area contributed by atoms with E-state index in [0.29, 0.717) is 0 Å². The number of rotatable bonds is 6. The van der Waals surface area contributed by atoms with Crippen molar-refractivity contribution in [3.8, 4) is 0 Å². The number of esters is 1. The van der Waals surface area contributed by atoms with E-state index in [-0.39, 0.29) is 28.0 Å². The standard InChI is InChI=1S/C15H15N5O7S2/c1-5(21)27-7-4-28-13-9(12(23)20(13)10(7)14(24)25)18-11(22)8(19-26-2)6-3-29-15(16)17-6/h3,9,13H,4H2,1-2H3,(H2,16,17)(H,18,22)(H,24,25)/t9?,13-/m0/s1. The van der Waals surface area contributed by atoms with Gasteiger partial charge in [-0.2, -0.15) is 0 Å². The maximum atomic E-state index is 12.6. The van der Waals surface area contributed by atoms with E-state index >= 15 is 0 Å². The van der Waals surface area contributed by atoms with E-state index in [1.807, 2.05) is 0 Å². The maximum Gasteiger partial charge on any atom is 0.356 e. The number of aliphatic carboxylic acids is 1. The molecule has 1 aromatic heterocycles. The summed E-state index contributed by atoms with van der Waals surface area (Å²) in [6, 6.07) is -1.00. The summed E-state index contributed by atoms with van der Waals surface area (Å²) in [6.45, 7) is 1.13. The lowest BCUT2D eigenvalue weighted by molar-refractivity contribution is -0.151. The molecular weight excluding hydrogens is 426 g/mol. The fourth-order valence-corrected chi connectivity index (χ4v) is 4.55. The predicted molar refractivity (Wildman–Crippen MR) is 102 cm³/mol. The number of hydrogen-bond donors (Lipinski definition) is 3. The van der Waals surface area contributed by atoms with E-state index in [2.05, 4.69) is 20.3 Å². The van der Waals surface area contributed by atoms with Crippen LogP contribution in [0.15, 0.2) is 22.0 Å². The number of carboxylic acid groups (broad SMARTS) is 1. The summed E-state index contributed by atoms with van der Waals surface area (Å²) in [7, 11) is 1.25. The summed E-state index contributed by atoms with van der Waals surface area (Å²) in [4.78, 5) is 57.6. The van der Waals surface area contributed by atoms with E-state index < -0.39 is 40.9 Å². The van der Waals surface area contributed by atoms with Crippen LogP contribution in [-0.2, 0) is 28.8 Å². The van der Waals surface area contributed by atoms with Crippen molar-refractivity contribution >= 4 is 57.7 Å². The molecule has 14 heteroatoms. The third kappa shape index (κ3) is 3.88. The fourth-order valence-electron chi connectivity index (χ4n) is 2.74. The summed E-state index contributed by atoms with van der Waals surface area (Å²) in [5.41, 5.74) is 5.15. The molecule has 29 heavy (non-hydrogen) atoms. The number of nitrogen functional groups attached to an aromatic ring is 1. The Morgan fingerprint density at radius 1 is 1.45 bits per heavy atom. The van der Waals surface area contributed by atoms with Crippen LogP contribution in [0.25, 0.3) is 0 Å². The number of aromatic nitrogens is 1. The monoisotopic (exact) mass is 441 g/mol. The number of hydrogen-bond acceptors (Lipinski definition) is 11. The largest absolute Gasteiger partial charge is 0.476 e. The summed E-state index contributed by atoms with van der Waals surface area (Å²) in [5, 5.41) is 16.6. The first-order valence-electron chi connectivity index (χ1n) is 7.97. The van der Waals surface area contributed by atoms with Crippen LogP contribution in [0.3, 0.4) is 0 Å². The van der Waals surface area contributed by atoms with Crippen molar-refractivity contribution in [2.45, 2.75) is 18.3 Å². The molecule has 0 spiro atoms. The molecule has 0 bridgehead atoms. The molecule has 1 unspecified atom stereocenters. The van der Waals surface area contributed by atoms with Gasteiger partial charge in [-0.25, -0.2) is 9.78 Å². The number of amides is 2. The number of nitrogens with zero attached hydrogens (tertiary/aromatic N) is 3. The van der Waals surface area contributed by atoms with Crippen molar-refractivity contribution in [1.29, 1.82) is 0 Å². The third-order valence-electron chi connectivity index (χ3n) is 3.85. The van der Waals surface area contributed by atoms with E-state index in [4.69, 9.17) is 10.5 Å². The minimum Gasteiger partial charge on any atom is -0.476 e. The number of nitrogens with two attached hydrogens (primary N) is 1. The molecule has 12 nitrogen and oxygen atoms in total. The highest BCUT2D eigenvalue weighted by Gasteiger charge is 2.55. The van der Waals surface area contributed by atoms with E-state index in [9.17, 15) is 24.3 Å². The van der Waals surface area contributed by atoms with Crippen LogP contribution in [0, 0.1) is 0 Å². The second-order valence-electron chi connectivity index (χ2n) is 5.72. The van der Waals surface area contributed by atoms with Crippen LogP contribution in [0.4, 0.5) is 5.13 Å². The molecule has 4 N–H and O–H groups in total. The van der Waals surface area contributed by atoms with Crippen LogP contribution in [0.5, 0.6) is 0 Å². The molecule has 2 amide bonds. The van der Waals surface area contributed by atoms with Gasteiger partial charge in [-0.15, -0.1) is 23.1 Å². The van der Waals surface area contributed by atoms with E-state index in [0.717, 1.165) is 34.9 Å². The van der Waals surface area contributed by atoms with E-state index in [1.54, 1.807) is 0 Å². The number of anilines is 1. The number of thiazole rings is 1. The Kier molecular flexibility index (Phi) is 5.74. The maximum absolute atomic E-state index is 12.6. The van der Waals surface area contributed by atoms with Crippen LogP contribution in [-0.4, -0.2) is 68.7 Å². The number of fused-ring (bicyclic) bond motifs is 1. The zero-order chi connectivity index (χ0) is 21.3. The number of nitrogens with one attached hydrogen (secondary N) is 1. The first-order chi connectivity index (χ1) is 13.7. The lowest BCUT2D eigenvalue weighted by Gasteiger charge is -2.48. The predicted octanol–water partition coefficient (Wildman–Crippen LogP) is -0.665. The quantitative estimate of drug-likeness (QED) is 0.222. The Hall–Kier alpha value is -3.13. The van der Waals surface area contributed by atoms with Gasteiger partial charge in [0.05, 0.1) is 5.75 Å². The Balaban J connectivity index is 1.80. The number of thioether (sulfide) groups is 1. The van der Waals surface area contributed by atoms with Crippen molar-refractivity contribution < 1.29 is 33.9 Å². The van der Waals surface area contributed by atoms with Crippen molar-refractivity contribution in [3.63, 3.8) is 0 Å². The number of β-lactam (4-membered cyclic amide) rings is 1. The Labute approximate surface area is 171 Å². The van der Waals surface area contributed by atoms with Gasteiger partial charge in [0.2, 0.25) is 0 Å². The van der Waals surface area contributed by atoms with Crippen LogP contribution < -0.4 is 11.1 Å². The molecule has 154 valence electrons. The van der Waals surface area contributed by atoms with Crippen molar-refractivity contribution in [2.24, 2.45) is 5.16 Å². The summed E-state index contributed by atoms with van der Waals surface area (Å²) in [6.07, 6.45) is 0. The first-order valence-corrected chi connectivity index (χ1v) is 9.90. The lowest BCUT2D eigenvalue weighted by atomic mass is 10.0. The fraction of sp³-hybridized carbons (Fsp3) is 0.333. The zero-order valence-electron chi connectivity index (χ0n) is 15.1. The summed E-state index contributed by atoms with van der Waals surface area (Å²) in [5.74, 6) is -3.58. The Morgan fingerprint density at radius 3 is 2.72 bits per heavy atom. The second-order valence-corrected chi connectivity index (χ2v) is 7.72. The molecule has 0 radical (unpaired) electrons. The number of carbonyl (C=O) groups excluding carboxylic acids is 3. The van der Waals surface area contributed by atoms with Gasteiger partial charge in [-0.3, -0.25) is 19.3 Å². The van der Waals surface area contributed by atoms with Gasteiger partial charge in [0, 0.05) is 12.3 Å².